The average Bonchev–Trinajstić information content (AvgIpc) is 2.40. The minimum absolute atomic E-state index is 0.295. The predicted molar refractivity (Wildman–Crippen MR) is 86.3 cm³/mol. The van der Waals surface area contributed by atoms with Gasteiger partial charge in [0, 0.05) is 9.89 Å². The van der Waals surface area contributed by atoms with Gasteiger partial charge in [-0.3, -0.25) is 0 Å². The smallest absolute Gasteiger partial charge is 0.213 e. The van der Waals surface area contributed by atoms with Crippen molar-refractivity contribution in [1.29, 1.82) is 5.26 Å². The largest absolute Gasteiger partial charge is 0.267 e. The number of hydrogen-bond donors (Lipinski definition) is 0. The van der Waals surface area contributed by atoms with Crippen LogP contribution in [0.3, 0.4) is 0 Å². The van der Waals surface area contributed by atoms with Gasteiger partial charge in [0.25, 0.3) is 6.71 Å². The molecule has 1 saturated heterocycles. The zero-order valence-electron chi connectivity index (χ0n) is 10.9. The molecule has 1 aromatic rings. The molecule has 0 N–H and O–H groups in total. The van der Waals surface area contributed by atoms with E-state index in [2.05, 4.69) is 65.8 Å². The number of alkyl halides is 1. The summed E-state index contributed by atoms with van der Waals surface area (Å²) in [5.74, 6) is 2.44. The predicted octanol–water partition coefficient (Wildman–Crippen LogP) is 4.39. The Kier molecular flexibility index (Phi) is 4.72. The van der Waals surface area contributed by atoms with Crippen molar-refractivity contribution in [2.24, 2.45) is 5.41 Å². The molecule has 0 aromatic heterocycles. The lowest BCUT2D eigenvalue weighted by molar-refractivity contribution is 0.256. The summed E-state index contributed by atoms with van der Waals surface area (Å²) >= 11 is 2.58. The van der Waals surface area contributed by atoms with Gasteiger partial charge in [0.2, 0.25) is 0 Å². The second kappa shape index (κ2) is 6.10. The molecule has 94 valence electrons. The monoisotopic (exact) mass is 351 g/mol. The van der Waals surface area contributed by atoms with Crippen molar-refractivity contribution in [2.45, 2.75) is 42.8 Å². The van der Waals surface area contributed by atoms with E-state index >= 15 is 0 Å². The third-order valence-electron chi connectivity index (χ3n) is 4.41. The van der Waals surface area contributed by atoms with Gasteiger partial charge in [-0.15, -0.1) is 0 Å². The summed E-state index contributed by atoms with van der Waals surface area (Å²) < 4.78 is 0.662. The molecule has 1 atom stereocenters. The van der Waals surface area contributed by atoms with Crippen LogP contribution in [0.15, 0.2) is 30.3 Å². The second-order valence-corrected chi connectivity index (χ2v) is 7.41. The number of nitriles is 1. The Morgan fingerprint density at radius 1 is 1.33 bits per heavy atom. The Labute approximate surface area is 124 Å². The second-order valence-electron chi connectivity index (χ2n) is 5.54. The number of benzene rings is 1. The Morgan fingerprint density at radius 2 is 1.94 bits per heavy atom. The number of nitrogens with zero attached hydrogens (tertiary/aromatic N) is 1. The maximum absolute atomic E-state index is 9.04. The van der Waals surface area contributed by atoms with E-state index < -0.39 is 0 Å². The van der Waals surface area contributed by atoms with Gasteiger partial charge in [-0.2, -0.15) is 0 Å². The van der Waals surface area contributed by atoms with Crippen molar-refractivity contribution >= 4 is 29.3 Å². The summed E-state index contributed by atoms with van der Waals surface area (Å²) in [5.41, 5.74) is 1.84. The van der Waals surface area contributed by atoms with Gasteiger partial charge in [0.15, 0.2) is 0 Å². The van der Waals surface area contributed by atoms with Crippen molar-refractivity contribution < 1.29 is 0 Å². The molecule has 0 radical (unpaired) electrons. The molecule has 18 heavy (non-hydrogen) atoms. The molecule has 0 saturated carbocycles. The topological polar surface area (TPSA) is 23.8 Å². The SMILES string of the molecule is CC(I)C1(Cc2ccccc2)CCB(C#N)CC1. The molecule has 1 heterocycles. The van der Waals surface area contributed by atoms with E-state index in [1.807, 2.05) is 0 Å². The molecule has 0 aliphatic carbocycles. The maximum Gasteiger partial charge on any atom is 0.267 e. The highest BCUT2D eigenvalue weighted by Crippen LogP contribution is 2.45. The van der Waals surface area contributed by atoms with E-state index in [0.29, 0.717) is 16.1 Å². The highest BCUT2D eigenvalue weighted by molar-refractivity contribution is 14.1. The van der Waals surface area contributed by atoms with E-state index in [-0.39, 0.29) is 0 Å². The molecule has 0 bridgehead atoms. The number of halogens is 1. The van der Waals surface area contributed by atoms with Crippen LogP contribution in [-0.4, -0.2) is 10.6 Å². The fraction of sp³-hybridized carbons (Fsp3) is 0.533. The van der Waals surface area contributed by atoms with Crippen molar-refractivity contribution in [1.82, 2.24) is 0 Å². The summed E-state index contributed by atoms with van der Waals surface area (Å²) in [6.45, 7) is 2.62. The normalized spacial score (nSPS) is 20.2. The molecular formula is C15H19BIN. The fourth-order valence-electron chi connectivity index (χ4n) is 3.04. The molecule has 3 heteroatoms. The van der Waals surface area contributed by atoms with Crippen molar-refractivity contribution in [2.75, 3.05) is 0 Å². The lowest BCUT2D eigenvalue weighted by Crippen LogP contribution is -2.38. The fourth-order valence-corrected chi connectivity index (χ4v) is 3.88. The molecule has 1 unspecified atom stereocenters. The first-order valence-electron chi connectivity index (χ1n) is 6.74. The van der Waals surface area contributed by atoms with E-state index in [9.17, 15) is 0 Å². The lowest BCUT2D eigenvalue weighted by Gasteiger charge is -2.41. The van der Waals surface area contributed by atoms with Gasteiger partial charge >= 0.3 is 0 Å². The molecule has 0 amide bonds. The Balaban J connectivity index is 2.12. The van der Waals surface area contributed by atoms with Crippen LogP contribution in [0, 0.1) is 16.6 Å². The zero-order valence-corrected chi connectivity index (χ0v) is 13.1. The van der Waals surface area contributed by atoms with Gasteiger partial charge in [0.05, 0.1) is 0 Å². The first-order valence-corrected chi connectivity index (χ1v) is 7.98. The molecule has 0 spiro atoms. The van der Waals surface area contributed by atoms with Gasteiger partial charge in [0.1, 0.15) is 0 Å². The standard InChI is InChI=1S/C15H19BIN/c1-13(17)15(7-9-16(12-18)10-8-15)11-14-5-3-2-4-6-14/h2-6,13H,7-11H2,1H3. The van der Waals surface area contributed by atoms with E-state index in [0.717, 1.165) is 19.1 Å². The molecule has 1 nitrogen and oxygen atoms in total. The first kappa shape index (κ1) is 13.9. The van der Waals surface area contributed by atoms with Crippen LogP contribution in [0.2, 0.25) is 12.6 Å². The lowest BCUT2D eigenvalue weighted by atomic mass is 9.39. The van der Waals surface area contributed by atoms with E-state index in [1.54, 1.807) is 0 Å². The molecular weight excluding hydrogens is 332 g/mol. The third-order valence-corrected chi connectivity index (χ3v) is 5.73. The minimum atomic E-state index is 0.295. The highest BCUT2D eigenvalue weighted by atomic mass is 127. The van der Waals surface area contributed by atoms with Gasteiger partial charge in [-0.05, 0) is 17.4 Å². The molecule has 1 fully saturated rings. The zero-order chi connectivity index (χ0) is 13.0. The molecule has 1 aliphatic heterocycles. The summed E-state index contributed by atoms with van der Waals surface area (Å²) in [6, 6.07) is 10.8. The van der Waals surface area contributed by atoms with E-state index in [4.69, 9.17) is 5.26 Å². The van der Waals surface area contributed by atoms with Gasteiger partial charge in [-0.25, -0.2) is 5.26 Å². The van der Waals surface area contributed by atoms with Gasteiger partial charge in [-0.1, -0.05) is 85.3 Å². The third kappa shape index (κ3) is 3.09. The van der Waals surface area contributed by atoms with Gasteiger partial charge < -0.3 is 0 Å². The maximum atomic E-state index is 9.04. The van der Waals surface area contributed by atoms with Crippen molar-refractivity contribution in [3.8, 4) is 5.97 Å². The van der Waals surface area contributed by atoms with Crippen molar-refractivity contribution in [3.05, 3.63) is 35.9 Å². The summed E-state index contributed by atoms with van der Waals surface area (Å²) in [6.07, 6.45) is 5.72. The Hall–Kier alpha value is -0.495. The van der Waals surface area contributed by atoms with Crippen LogP contribution in [0.1, 0.15) is 25.3 Å². The molecule has 1 aromatic carbocycles. The Morgan fingerprint density at radius 3 is 2.44 bits per heavy atom. The van der Waals surface area contributed by atoms with Crippen LogP contribution >= 0.6 is 22.6 Å². The summed E-state index contributed by atoms with van der Waals surface area (Å²) in [7, 11) is 0. The number of rotatable bonds is 3. The molecule has 1 aliphatic rings. The average molecular weight is 351 g/mol. The quantitative estimate of drug-likeness (QED) is 0.450. The summed E-state index contributed by atoms with van der Waals surface area (Å²) in [4.78, 5) is 0. The first-order chi connectivity index (χ1) is 8.66. The molecule has 2 rings (SSSR count). The Bertz CT molecular complexity index is 416. The van der Waals surface area contributed by atoms with Crippen LogP contribution in [0.4, 0.5) is 0 Å². The van der Waals surface area contributed by atoms with Crippen LogP contribution in [0.5, 0.6) is 0 Å². The van der Waals surface area contributed by atoms with Crippen molar-refractivity contribution in [3.63, 3.8) is 0 Å². The summed E-state index contributed by atoms with van der Waals surface area (Å²) in [5, 5.41) is 9.04. The van der Waals surface area contributed by atoms with Crippen LogP contribution in [-0.2, 0) is 6.42 Å². The minimum Gasteiger partial charge on any atom is -0.213 e. The number of hydrogen-bond acceptors (Lipinski definition) is 1. The van der Waals surface area contributed by atoms with Crippen LogP contribution < -0.4 is 0 Å². The van der Waals surface area contributed by atoms with E-state index in [1.165, 1.54) is 18.4 Å². The van der Waals surface area contributed by atoms with Crippen LogP contribution in [0.25, 0.3) is 0 Å². The highest BCUT2D eigenvalue weighted by Gasteiger charge is 2.39.